The van der Waals surface area contributed by atoms with Gasteiger partial charge in [-0.05, 0) is 79.7 Å². The van der Waals surface area contributed by atoms with Crippen LogP contribution in [0.5, 0.6) is 0 Å². The molecule has 2 aromatic heterocycles. The van der Waals surface area contributed by atoms with Gasteiger partial charge in [-0.1, -0.05) is 11.6 Å². The molecule has 1 saturated heterocycles. The first kappa shape index (κ1) is 20.1. The molecule has 0 unspecified atom stereocenters. The van der Waals surface area contributed by atoms with Crippen molar-refractivity contribution < 1.29 is 9.59 Å². The van der Waals surface area contributed by atoms with Crippen LogP contribution in [-0.2, 0) is 4.79 Å². The summed E-state index contributed by atoms with van der Waals surface area (Å²) in [6, 6.07) is 12.3. The number of amides is 2. The minimum atomic E-state index is -0.439. The maximum atomic E-state index is 12.4. The van der Waals surface area contributed by atoms with Gasteiger partial charge in [0.15, 0.2) is 5.17 Å². The van der Waals surface area contributed by atoms with Gasteiger partial charge < -0.3 is 9.88 Å². The molecule has 4 rings (SSSR count). The van der Waals surface area contributed by atoms with Crippen LogP contribution < -0.4 is 5.32 Å². The highest BCUT2D eigenvalue weighted by atomic mass is 35.5. The highest BCUT2D eigenvalue weighted by Gasteiger charge is 2.25. The monoisotopic (exact) mass is 436 g/mol. The third kappa shape index (κ3) is 4.08. The van der Waals surface area contributed by atoms with Crippen LogP contribution in [-0.4, -0.2) is 26.5 Å². The fourth-order valence-electron chi connectivity index (χ4n) is 3.19. The molecule has 150 valence electrons. The van der Waals surface area contributed by atoms with E-state index in [-0.39, 0.29) is 11.1 Å². The summed E-state index contributed by atoms with van der Waals surface area (Å²) in [5.41, 5.74) is 4.29. The minimum Gasteiger partial charge on any atom is -0.316 e. The molecular weight excluding hydrogens is 420 g/mol. The van der Waals surface area contributed by atoms with E-state index in [0.29, 0.717) is 15.5 Å². The quantitative estimate of drug-likeness (QED) is 0.611. The van der Waals surface area contributed by atoms with Crippen molar-refractivity contribution in [3.05, 3.63) is 87.3 Å². The summed E-state index contributed by atoms with van der Waals surface area (Å²) >= 11 is 6.99. The molecule has 3 aromatic rings. The Morgan fingerprint density at radius 1 is 1.23 bits per heavy atom. The lowest BCUT2D eigenvalue weighted by atomic mass is 10.2. The lowest BCUT2D eigenvalue weighted by molar-refractivity contribution is -0.115. The van der Waals surface area contributed by atoms with Gasteiger partial charge in [0.2, 0.25) is 0 Å². The number of rotatable bonds is 3. The van der Waals surface area contributed by atoms with Gasteiger partial charge >= 0.3 is 0 Å². The van der Waals surface area contributed by atoms with Crippen molar-refractivity contribution in [2.24, 2.45) is 4.99 Å². The van der Waals surface area contributed by atoms with E-state index in [1.165, 1.54) is 0 Å². The molecule has 0 atom stereocenters. The summed E-state index contributed by atoms with van der Waals surface area (Å²) in [5, 5.41) is 3.45. The Morgan fingerprint density at radius 2 is 2.00 bits per heavy atom. The molecule has 1 N–H and O–H groups in total. The molecule has 0 saturated carbocycles. The lowest BCUT2D eigenvalue weighted by Gasteiger charge is -2.08. The Morgan fingerprint density at radius 3 is 2.70 bits per heavy atom. The number of carbonyl (C=O) groups is 2. The first-order valence-corrected chi connectivity index (χ1v) is 10.3. The first-order valence-electron chi connectivity index (χ1n) is 9.11. The topological polar surface area (TPSA) is 76.3 Å². The van der Waals surface area contributed by atoms with E-state index in [9.17, 15) is 9.59 Å². The zero-order valence-electron chi connectivity index (χ0n) is 16.2. The number of nitrogens with zero attached hydrogens (tertiary/aromatic N) is 3. The first-order chi connectivity index (χ1) is 14.4. The summed E-state index contributed by atoms with van der Waals surface area (Å²) in [7, 11) is 0. The molecule has 1 aliphatic heterocycles. The van der Waals surface area contributed by atoms with Gasteiger partial charge in [-0.3, -0.25) is 14.6 Å². The molecule has 1 aliphatic rings. The number of thioether (sulfide) groups is 1. The third-order valence-electron chi connectivity index (χ3n) is 4.61. The Bertz CT molecular complexity index is 1200. The van der Waals surface area contributed by atoms with E-state index >= 15 is 0 Å². The number of hydrogen-bond acceptors (Lipinski definition) is 4. The van der Waals surface area contributed by atoms with Crippen LogP contribution in [0, 0.1) is 13.8 Å². The van der Waals surface area contributed by atoms with Crippen molar-refractivity contribution in [2.75, 3.05) is 0 Å². The molecule has 8 heteroatoms. The summed E-state index contributed by atoms with van der Waals surface area (Å²) in [4.78, 5) is 33.4. The molecule has 3 heterocycles. The third-order valence-corrected chi connectivity index (χ3v) is 5.77. The summed E-state index contributed by atoms with van der Waals surface area (Å²) in [6.07, 6.45) is 5.33. The Balaban J connectivity index is 1.59. The van der Waals surface area contributed by atoms with E-state index in [1.807, 2.05) is 38.1 Å². The zero-order valence-corrected chi connectivity index (χ0v) is 17.8. The molecule has 0 spiro atoms. The van der Waals surface area contributed by atoms with E-state index in [4.69, 9.17) is 11.6 Å². The predicted octanol–water partition coefficient (Wildman–Crippen LogP) is 4.54. The van der Waals surface area contributed by atoms with Crippen molar-refractivity contribution in [3.63, 3.8) is 0 Å². The van der Waals surface area contributed by atoms with Crippen LogP contribution >= 0.6 is 23.4 Å². The predicted molar refractivity (Wildman–Crippen MR) is 120 cm³/mol. The highest BCUT2D eigenvalue weighted by molar-refractivity contribution is 8.18. The van der Waals surface area contributed by atoms with E-state index in [1.54, 1.807) is 36.7 Å². The number of amidine groups is 1. The maximum absolute atomic E-state index is 12.4. The molecular formula is C22H17ClN4O2S. The standard InChI is InChI=1S/C22H17ClN4O2S/c1-13-10-16(14(2)27(13)18-4-3-9-24-12-18)11-19-21(29)26-22(30-19)25-20(28)15-5-7-17(23)8-6-15/h3-12H,1-2H3,(H,25,26,28,29)/b19-11-. The summed E-state index contributed by atoms with van der Waals surface area (Å²) in [6.45, 7) is 3.99. The zero-order chi connectivity index (χ0) is 21.3. The van der Waals surface area contributed by atoms with Crippen molar-refractivity contribution >= 4 is 46.4 Å². The van der Waals surface area contributed by atoms with Crippen molar-refractivity contribution in [3.8, 4) is 5.69 Å². The smallest absolute Gasteiger partial charge is 0.279 e. The van der Waals surface area contributed by atoms with Crippen LogP contribution in [0.3, 0.4) is 0 Å². The minimum absolute atomic E-state index is 0.257. The number of nitrogens with one attached hydrogen (secondary N) is 1. The van der Waals surface area contributed by atoms with Crippen molar-refractivity contribution in [2.45, 2.75) is 13.8 Å². The molecule has 0 aliphatic carbocycles. The van der Waals surface area contributed by atoms with Gasteiger partial charge in [-0.2, -0.15) is 4.99 Å². The number of carbonyl (C=O) groups excluding carboxylic acids is 2. The molecule has 1 aromatic carbocycles. The summed E-state index contributed by atoms with van der Waals surface area (Å²) in [5.74, 6) is -0.723. The second-order valence-corrected chi connectivity index (χ2v) is 8.13. The van der Waals surface area contributed by atoms with Crippen LogP contribution in [0.15, 0.2) is 64.8 Å². The Hall–Kier alpha value is -3.16. The normalized spacial score (nSPS) is 16.3. The SMILES string of the molecule is Cc1cc(/C=C2\SC(=NC(=O)c3ccc(Cl)cc3)NC2=O)c(C)n1-c1cccnc1. The van der Waals surface area contributed by atoms with Crippen LogP contribution in [0.1, 0.15) is 27.3 Å². The van der Waals surface area contributed by atoms with Crippen molar-refractivity contribution in [1.82, 2.24) is 14.9 Å². The van der Waals surface area contributed by atoms with E-state index in [2.05, 4.69) is 19.9 Å². The second-order valence-electron chi connectivity index (χ2n) is 6.67. The molecule has 1 fully saturated rings. The van der Waals surface area contributed by atoms with Gasteiger partial charge in [-0.15, -0.1) is 0 Å². The van der Waals surface area contributed by atoms with Gasteiger partial charge in [0.25, 0.3) is 11.8 Å². The number of aromatic nitrogens is 2. The summed E-state index contributed by atoms with van der Waals surface area (Å²) < 4.78 is 2.08. The fraction of sp³-hybridized carbons (Fsp3) is 0.0909. The fourth-order valence-corrected chi connectivity index (χ4v) is 4.12. The van der Waals surface area contributed by atoms with Gasteiger partial charge in [-0.25, -0.2) is 0 Å². The van der Waals surface area contributed by atoms with Gasteiger partial charge in [0.05, 0.1) is 16.8 Å². The molecule has 30 heavy (non-hydrogen) atoms. The van der Waals surface area contributed by atoms with Gasteiger partial charge in [0.1, 0.15) is 0 Å². The number of halogens is 1. The average molecular weight is 437 g/mol. The average Bonchev–Trinajstić information content (AvgIpc) is 3.21. The number of aliphatic imine (C=N–C) groups is 1. The number of hydrogen-bond donors (Lipinski definition) is 1. The molecule has 2 amide bonds. The van der Waals surface area contributed by atoms with Crippen LogP contribution in [0.4, 0.5) is 0 Å². The Kier molecular flexibility index (Phi) is 5.57. The second kappa shape index (κ2) is 8.30. The molecule has 0 bridgehead atoms. The van der Waals surface area contributed by atoms with Crippen LogP contribution in [0.25, 0.3) is 11.8 Å². The highest BCUT2D eigenvalue weighted by Crippen LogP contribution is 2.29. The number of benzene rings is 1. The maximum Gasteiger partial charge on any atom is 0.279 e. The molecule has 6 nitrogen and oxygen atoms in total. The van der Waals surface area contributed by atoms with E-state index < -0.39 is 5.91 Å². The largest absolute Gasteiger partial charge is 0.316 e. The van der Waals surface area contributed by atoms with Gasteiger partial charge in [0, 0.05) is 28.2 Å². The Labute approximate surface area is 182 Å². The van der Waals surface area contributed by atoms with Crippen LogP contribution in [0.2, 0.25) is 5.02 Å². The lowest BCUT2D eigenvalue weighted by Crippen LogP contribution is -2.20. The molecule has 0 radical (unpaired) electrons. The number of pyridine rings is 1. The van der Waals surface area contributed by atoms with E-state index in [0.717, 1.165) is 34.4 Å². The number of aryl methyl sites for hydroxylation is 1. The van der Waals surface area contributed by atoms with Crippen molar-refractivity contribution in [1.29, 1.82) is 0 Å².